The maximum Gasteiger partial charge on any atom is 0.303 e. The molecule has 0 saturated heterocycles. The Balaban J connectivity index is 2.05. The zero-order valence-corrected chi connectivity index (χ0v) is 14.2. The number of aromatic amines is 1. The summed E-state index contributed by atoms with van der Waals surface area (Å²) < 4.78 is 6.29. The van der Waals surface area contributed by atoms with Gasteiger partial charge in [0.15, 0.2) is 0 Å². The average Bonchev–Trinajstić information content (AvgIpc) is 3.08. The van der Waals surface area contributed by atoms with Gasteiger partial charge in [-0.25, -0.2) is 5.43 Å². The van der Waals surface area contributed by atoms with Crippen molar-refractivity contribution in [2.45, 2.75) is 26.7 Å². The molecular formula is C15H16BrN3O4. The molecule has 0 fully saturated rings. The molecule has 0 aliphatic heterocycles. The minimum absolute atomic E-state index is 0.00101. The fourth-order valence-electron chi connectivity index (χ4n) is 2.01. The summed E-state index contributed by atoms with van der Waals surface area (Å²) in [6.45, 7) is 3.51. The highest BCUT2D eigenvalue weighted by atomic mass is 79.9. The van der Waals surface area contributed by atoms with Crippen LogP contribution in [0, 0.1) is 6.92 Å². The topological polar surface area (TPSA) is 108 Å². The third kappa shape index (κ3) is 4.56. The Kier molecular flexibility index (Phi) is 5.38. The maximum atomic E-state index is 11.9. The average molecular weight is 382 g/mol. The summed E-state index contributed by atoms with van der Waals surface area (Å²) in [6, 6.07) is 3.39. The van der Waals surface area contributed by atoms with Gasteiger partial charge in [-0.2, -0.15) is 5.10 Å². The van der Waals surface area contributed by atoms with Crippen LogP contribution in [-0.4, -0.2) is 27.7 Å². The first-order valence-electron chi connectivity index (χ1n) is 6.87. The number of carbonyl (C=O) groups excluding carboxylic acids is 1. The molecular weight excluding hydrogens is 366 g/mol. The molecule has 0 saturated carbocycles. The van der Waals surface area contributed by atoms with Crippen molar-refractivity contribution in [2.75, 3.05) is 0 Å². The summed E-state index contributed by atoms with van der Waals surface area (Å²) in [4.78, 5) is 25.3. The number of carboxylic acids is 1. The van der Waals surface area contributed by atoms with E-state index in [-0.39, 0.29) is 12.3 Å². The predicted molar refractivity (Wildman–Crippen MR) is 87.6 cm³/mol. The molecule has 0 atom stereocenters. The minimum Gasteiger partial charge on any atom is -0.481 e. The Bertz CT molecular complexity index is 761. The molecule has 0 aliphatic carbocycles. The van der Waals surface area contributed by atoms with Gasteiger partial charge in [0, 0.05) is 22.7 Å². The molecule has 23 heavy (non-hydrogen) atoms. The number of halogens is 1. The number of nitrogens with zero attached hydrogens (tertiary/aromatic N) is 1. The van der Waals surface area contributed by atoms with E-state index in [0.29, 0.717) is 29.3 Å². The quantitative estimate of drug-likeness (QED) is 0.527. The van der Waals surface area contributed by atoms with Crippen molar-refractivity contribution in [3.63, 3.8) is 0 Å². The second kappa shape index (κ2) is 7.28. The molecule has 1 amide bonds. The molecule has 0 aliphatic rings. The van der Waals surface area contributed by atoms with Crippen molar-refractivity contribution < 1.29 is 19.1 Å². The molecule has 122 valence electrons. The highest BCUT2D eigenvalue weighted by Crippen LogP contribution is 2.17. The second-order valence-corrected chi connectivity index (χ2v) is 5.86. The second-order valence-electron chi connectivity index (χ2n) is 4.95. The van der Waals surface area contributed by atoms with Gasteiger partial charge < -0.3 is 14.5 Å². The van der Waals surface area contributed by atoms with E-state index < -0.39 is 5.97 Å². The number of hydrogen-bond acceptors (Lipinski definition) is 4. The molecule has 3 N–H and O–H groups in total. The summed E-state index contributed by atoms with van der Waals surface area (Å²) >= 11 is 3.25. The van der Waals surface area contributed by atoms with E-state index in [1.165, 1.54) is 0 Å². The smallest absolute Gasteiger partial charge is 0.303 e. The SMILES string of the molecule is C/C(=N/NC(=O)c1cc(Br)c[nH]1)c1cc(CCC(=O)O)oc1C. The number of rotatable bonds is 6. The number of aromatic nitrogens is 1. The van der Waals surface area contributed by atoms with Crippen molar-refractivity contribution in [3.05, 3.63) is 45.6 Å². The summed E-state index contributed by atoms with van der Waals surface area (Å²) in [5, 5.41) is 12.8. The molecule has 2 rings (SSSR count). The molecule has 0 unspecified atom stereocenters. The van der Waals surface area contributed by atoms with E-state index in [4.69, 9.17) is 9.52 Å². The van der Waals surface area contributed by atoms with Crippen LogP contribution < -0.4 is 5.43 Å². The number of aliphatic carboxylic acids is 1. The monoisotopic (exact) mass is 381 g/mol. The van der Waals surface area contributed by atoms with Gasteiger partial charge >= 0.3 is 5.97 Å². The predicted octanol–water partition coefficient (Wildman–Crippen LogP) is 2.85. The van der Waals surface area contributed by atoms with E-state index in [1.54, 1.807) is 32.2 Å². The third-order valence-corrected chi connectivity index (χ3v) is 3.62. The van der Waals surface area contributed by atoms with E-state index in [1.807, 2.05) is 0 Å². The molecule has 0 bridgehead atoms. The summed E-state index contributed by atoms with van der Waals surface area (Å²) in [5.74, 6) is -0.0322. The molecule has 2 aromatic rings. The maximum absolute atomic E-state index is 11.9. The fourth-order valence-corrected chi connectivity index (χ4v) is 2.35. The lowest BCUT2D eigenvalue weighted by Gasteiger charge is -2.00. The first-order valence-corrected chi connectivity index (χ1v) is 7.66. The standard InChI is InChI=1S/C15H16BrN3O4/c1-8(18-19-15(22)13-5-10(16)7-17-13)12-6-11(23-9(12)2)3-4-14(20)21/h5-7,17H,3-4H2,1-2H3,(H,19,22)(H,20,21)/b18-8-. The molecule has 0 spiro atoms. The Morgan fingerprint density at radius 3 is 2.78 bits per heavy atom. The molecule has 0 radical (unpaired) electrons. The first-order chi connectivity index (χ1) is 10.9. The van der Waals surface area contributed by atoms with Crippen LogP contribution in [0.25, 0.3) is 0 Å². The lowest BCUT2D eigenvalue weighted by atomic mass is 10.1. The normalized spacial score (nSPS) is 11.5. The van der Waals surface area contributed by atoms with E-state index in [2.05, 4.69) is 31.4 Å². The number of aryl methyl sites for hydroxylation is 2. The van der Waals surface area contributed by atoms with Crippen molar-refractivity contribution in [1.82, 2.24) is 10.4 Å². The lowest BCUT2D eigenvalue weighted by molar-refractivity contribution is -0.137. The summed E-state index contributed by atoms with van der Waals surface area (Å²) in [5.41, 5.74) is 4.16. The fraction of sp³-hybridized carbons (Fsp3) is 0.267. The van der Waals surface area contributed by atoms with Gasteiger partial charge in [-0.15, -0.1) is 0 Å². The van der Waals surface area contributed by atoms with Crippen molar-refractivity contribution >= 4 is 33.5 Å². The minimum atomic E-state index is -0.879. The van der Waals surface area contributed by atoms with Crippen LogP contribution in [0.4, 0.5) is 0 Å². The van der Waals surface area contributed by atoms with Crippen molar-refractivity contribution in [2.24, 2.45) is 5.10 Å². The number of hydrazone groups is 1. The number of hydrogen-bond donors (Lipinski definition) is 3. The Morgan fingerprint density at radius 2 is 2.17 bits per heavy atom. The van der Waals surface area contributed by atoms with Crippen LogP contribution in [0.2, 0.25) is 0 Å². The van der Waals surface area contributed by atoms with Crippen molar-refractivity contribution in [3.8, 4) is 0 Å². The van der Waals surface area contributed by atoms with Gasteiger partial charge in [-0.3, -0.25) is 9.59 Å². The van der Waals surface area contributed by atoms with E-state index >= 15 is 0 Å². The van der Waals surface area contributed by atoms with Crippen LogP contribution in [-0.2, 0) is 11.2 Å². The zero-order valence-electron chi connectivity index (χ0n) is 12.6. The highest BCUT2D eigenvalue weighted by Gasteiger charge is 2.12. The van der Waals surface area contributed by atoms with Gasteiger partial charge in [-0.05, 0) is 41.9 Å². The number of carbonyl (C=O) groups is 2. The van der Waals surface area contributed by atoms with Gasteiger partial charge in [0.25, 0.3) is 5.91 Å². The van der Waals surface area contributed by atoms with Gasteiger partial charge in [0.2, 0.25) is 0 Å². The summed E-state index contributed by atoms with van der Waals surface area (Å²) in [7, 11) is 0. The zero-order chi connectivity index (χ0) is 17.0. The van der Waals surface area contributed by atoms with Crippen LogP contribution in [0.5, 0.6) is 0 Å². The largest absolute Gasteiger partial charge is 0.481 e. The molecule has 2 aromatic heterocycles. The van der Waals surface area contributed by atoms with E-state index in [0.717, 1.165) is 10.0 Å². The first kappa shape index (κ1) is 17.0. The Hall–Kier alpha value is -2.35. The third-order valence-electron chi connectivity index (χ3n) is 3.16. The number of amides is 1. The molecule has 0 aromatic carbocycles. The molecule has 8 heteroatoms. The van der Waals surface area contributed by atoms with E-state index in [9.17, 15) is 9.59 Å². The Labute approximate surface area is 140 Å². The summed E-state index contributed by atoms with van der Waals surface area (Å²) in [6.07, 6.45) is 1.97. The van der Waals surface area contributed by atoms with Gasteiger partial charge in [0.05, 0.1) is 12.1 Å². The molecule has 7 nitrogen and oxygen atoms in total. The number of furan rings is 1. The highest BCUT2D eigenvalue weighted by molar-refractivity contribution is 9.10. The van der Waals surface area contributed by atoms with Gasteiger partial charge in [0.1, 0.15) is 17.2 Å². The number of carboxylic acid groups (broad SMARTS) is 1. The van der Waals surface area contributed by atoms with Crippen LogP contribution in [0.3, 0.4) is 0 Å². The van der Waals surface area contributed by atoms with Crippen molar-refractivity contribution in [1.29, 1.82) is 0 Å². The Morgan fingerprint density at radius 1 is 1.43 bits per heavy atom. The number of nitrogens with one attached hydrogen (secondary N) is 2. The van der Waals surface area contributed by atoms with Crippen LogP contribution in [0.15, 0.2) is 32.3 Å². The van der Waals surface area contributed by atoms with Crippen LogP contribution >= 0.6 is 15.9 Å². The van der Waals surface area contributed by atoms with Gasteiger partial charge in [-0.1, -0.05) is 0 Å². The lowest BCUT2D eigenvalue weighted by Crippen LogP contribution is -2.19. The number of H-pyrrole nitrogens is 1. The van der Waals surface area contributed by atoms with Crippen LogP contribution in [0.1, 0.15) is 40.9 Å². The molecule has 2 heterocycles.